The van der Waals surface area contributed by atoms with Crippen LogP contribution < -0.4 is 20.3 Å². The first kappa shape index (κ1) is 21.8. The van der Waals surface area contributed by atoms with Crippen LogP contribution in [-0.2, 0) is 4.79 Å². The first-order valence-electron chi connectivity index (χ1n) is 10.2. The van der Waals surface area contributed by atoms with Gasteiger partial charge in [-0.3, -0.25) is 14.4 Å². The Hall–Kier alpha value is -3.40. The molecule has 2 amide bonds. The van der Waals surface area contributed by atoms with Crippen molar-refractivity contribution in [3.8, 4) is 11.5 Å². The summed E-state index contributed by atoms with van der Waals surface area (Å²) in [6, 6.07) is 5.22. The first-order valence-corrected chi connectivity index (χ1v) is 11.0. The zero-order valence-corrected chi connectivity index (χ0v) is 18.9. The van der Waals surface area contributed by atoms with Crippen molar-refractivity contribution in [2.24, 2.45) is 5.92 Å². The average Bonchev–Trinajstić information content (AvgIpc) is 3.16. The van der Waals surface area contributed by atoms with Crippen LogP contribution in [0.15, 0.2) is 29.3 Å². The normalized spacial score (nSPS) is 14.4. The largest absolute Gasteiger partial charge is 0.497 e. The lowest BCUT2D eigenvalue weighted by Crippen LogP contribution is -2.41. The second kappa shape index (κ2) is 8.99. The van der Waals surface area contributed by atoms with Crippen molar-refractivity contribution in [1.82, 2.24) is 14.9 Å². The monoisotopic (exact) mass is 456 g/mol. The number of rotatable bonds is 5. The molecule has 1 fully saturated rings. The Balaban J connectivity index is 1.43. The number of carbonyl (C=O) groups excluding carboxylic acids is 2. The van der Waals surface area contributed by atoms with Crippen LogP contribution in [0, 0.1) is 12.8 Å². The highest BCUT2D eigenvalue weighted by Gasteiger charge is 2.30. The lowest BCUT2D eigenvalue weighted by atomic mass is 9.95. The molecule has 4 rings (SSSR count). The number of anilines is 1. The average molecular weight is 457 g/mol. The lowest BCUT2D eigenvalue weighted by molar-refractivity contribution is -0.121. The Labute approximate surface area is 188 Å². The predicted molar refractivity (Wildman–Crippen MR) is 122 cm³/mol. The van der Waals surface area contributed by atoms with Crippen molar-refractivity contribution in [3.63, 3.8) is 0 Å². The van der Waals surface area contributed by atoms with Crippen molar-refractivity contribution in [1.29, 1.82) is 0 Å². The number of nitrogens with zero attached hydrogens (tertiary/aromatic N) is 2. The number of nitrogens with one attached hydrogen (secondary N) is 2. The third kappa shape index (κ3) is 4.05. The molecule has 1 aromatic carbocycles. The summed E-state index contributed by atoms with van der Waals surface area (Å²) in [6.45, 7) is 2.69. The van der Waals surface area contributed by atoms with E-state index in [9.17, 15) is 14.4 Å². The van der Waals surface area contributed by atoms with E-state index in [0.29, 0.717) is 63.8 Å². The number of hydrogen-bond donors (Lipinski definition) is 2. The molecular weight excluding hydrogens is 432 g/mol. The topological polar surface area (TPSA) is 114 Å². The zero-order chi connectivity index (χ0) is 22.8. The van der Waals surface area contributed by atoms with Gasteiger partial charge in [0.25, 0.3) is 11.5 Å². The van der Waals surface area contributed by atoms with Gasteiger partial charge in [0, 0.05) is 25.1 Å². The number of hydrogen-bond acceptors (Lipinski definition) is 7. The molecule has 9 nitrogen and oxygen atoms in total. The molecule has 0 spiro atoms. The van der Waals surface area contributed by atoms with E-state index in [1.807, 2.05) is 0 Å². The summed E-state index contributed by atoms with van der Waals surface area (Å²) in [5, 5.41) is 3.38. The molecule has 10 heteroatoms. The number of amides is 2. The van der Waals surface area contributed by atoms with Crippen LogP contribution >= 0.6 is 11.3 Å². The number of benzene rings is 1. The van der Waals surface area contributed by atoms with Crippen molar-refractivity contribution in [2.75, 3.05) is 32.6 Å². The maximum absolute atomic E-state index is 13.1. The van der Waals surface area contributed by atoms with E-state index in [-0.39, 0.29) is 23.3 Å². The summed E-state index contributed by atoms with van der Waals surface area (Å²) in [6.07, 6.45) is 2.44. The maximum atomic E-state index is 13.1. The molecule has 2 aromatic heterocycles. The third-order valence-electron chi connectivity index (χ3n) is 5.74. The molecule has 3 aromatic rings. The number of methoxy groups -OCH3 is 2. The van der Waals surface area contributed by atoms with Gasteiger partial charge in [0.05, 0.1) is 36.5 Å². The maximum Gasteiger partial charge on any atom is 0.264 e. The van der Waals surface area contributed by atoms with Crippen molar-refractivity contribution in [2.45, 2.75) is 19.8 Å². The molecule has 1 saturated heterocycles. The molecule has 0 aliphatic carbocycles. The number of likely N-dealkylation sites (tertiary alicyclic amines) is 1. The summed E-state index contributed by atoms with van der Waals surface area (Å²) in [5.41, 5.74) is 0.953. The molecule has 2 N–H and O–H groups in total. The molecular formula is C22H24N4O5S. The molecule has 1 aliphatic heterocycles. The molecule has 1 aliphatic rings. The minimum absolute atomic E-state index is 0.113. The highest BCUT2D eigenvalue weighted by molar-refractivity contribution is 7.20. The van der Waals surface area contributed by atoms with Gasteiger partial charge in [-0.2, -0.15) is 0 Å². The number of aryl methyl sites for hydroxylation is 1. The Morgan fingerprint density at radius 3 is 2.62 bits per heavy atom. The Morgan fingerprint density at radius 1 is 1.22 bits per heavy atom. The van der Waals surface area contributed by atoms with E-state index in [2.05, 4.69) is 15.3 Å². The number of H-pyrrole nitrogens is 1. The quantitative estimate of drug-likeness (QED) is 0.610. The molecule has 3 heterocycles. The second-order valence-corrected chi connectivity index (χ2v) is 8.59. The number of piperidine rings is 1. The molecule has 168 valence electrons. The number of aromatic nitrogens is 2. The predicted octanol–water partition coefficient (Wildman–Crippen LogP) is 2.80. The molecule has 0 saturated carbocycles. The third-order valence-corrected chi connectivity index (χ3v) is 6.93. The van der Waals surface area contributed by atoms with Crippen LogP contribution in [0.4, 0.5) is 5.69 Å². The van der Waals surface area contributed by atoms with Crippen molar-refractivity contribution < 1.29 is 19.1 Å². The van der Waals surface area contributed by atoms with Crippen molar-refractivity contribution >= 4 is 39.1 Å². The van der Waals surface area contributed by atoms with Crippen LogP contribution in [-0.4, -0.2) is 54.0 Å². The lowest BCUT2D eigenvalue weighted by Gasteiger charge is -2.31. The van der Waals surface area contributed by atoms with Gasteiger partial charge in [0.15, 0.2) is 0 Å². The Morgan fingerprint density at radius 2 is 1.97 bits per heavy atom. The van der Waals surface area contributed by atoms with Crippen LogP contribution in [0.1, 0.15) is 28.1 Å². The highest BCUT2D eigenvalue weighted by Crippen LogP contribution is 2.31. The Bertz CT molecular complexity index is 1230. The number of ether oxygens (including phenoxy) is 2. The van der Waals surface area contributed by atoms with E-state index < -0.39 is 0 Å². The molecule has 0 radical (unpaired) electrons. The van der Waals surface area contributed by atoms with Crippen molar-refractivity contribution in [3.05, 3.63) is 45.3 Å². The number of carbonyl (C=O) groups is 2. The van der Waals surface area contributed by atoms with Gasteiger partial charge in [0.1, 0.15) is 16.3 Å². The summed E-state index contributed by atoms with van der Waals surface area (Å²) in [5.74, 6) is 0.711. The minimum atomic E-state index is -0.244. The van der Waals surface area contributed by atoms with Gasteiger partial charge < -0.3 is 24.7 Å². The van der Waals surface area contributed by atoms with Crippen LogP contribution in [0.2, 0.25) is 0 Å². The minimum Gasteiger partial charge on any atom is -0.497 e. The molecule has 0 atom stereocenters. The van der Waals surface area contributed by atoms with E-state index >= 15 is 0 Å². The second-order valence-electron chi connectivity index (χ2n) is 7.59. The summed E-state index contributed by atoms with van der Waals surface area (Å²) < 4.78 is 10.6. The highest BCUT2D eigenvalue weighted by atomic mass is 32.1. The van der Waals surface area contributed by atoms with Gasteiger partial charge in [-0.25, -0.2) is 4.98 Å². The van der Waals surface area contributed by atoms with Gasteiger partial charge >= 0.3 is 0 Å². The first-order chi connectivity index (χ1) is 15.4. The summed E-state index contributed by atoms with van der Waals surface area (Å²) in [7, 11) is 3.10. The molecule has 0 unspecified atom stereocenters. The van der Waals surface area contributed by atoms with Crippen LogP contribution in [0.3, 0.4) is 0 Å². The fourth-order valence-corrected chi connectivity index (χ4v) is 5.04. The van der Waals surface area contributed by atoms with E-state index in [4.69, 9.17) is 9.47 Å². The fraction of sp³-hybridized carbons (Fsp3) is 0.364. The van der Waals surface area contributed by atoms with Gasteiger partial charge in [-0.05, 0) is 37.5 Å². The van der Waals surface area contributed by atoms with Gasteiger partial charge in [-0.15, -0.1) is 11.3 Å². The standard InChI is InChI=1S/C22H24N4O5S/c1-12-17-20(28)23-11-24-21(17)32-18(12)22(29)26-8-6-13(7-9-26)19(27)25-15-10-14(30-2)4-5-16(15)31-3/h4-5,10-11,13H,6-9H2,1-3H3,(H,25,27)(H,23,24,28). The smallest absolute Gasteiger partial charge is 0.264 e. The zero-order valence-electron chi connectivity index (χ0n) is 18.1. The summed E-state index contributed by atoms with van der Waals surface area (Å²) in [4.78, 5) is 47.6. The summed E-state index contributed by atoms with van der Waals surface area (Å²) >= 11 is 1.23. The molecule has 32 heavy (non-hydrogen) atoms. The Kier molecular flexibility index (Phi) is 6.13. The fourth-order valence-electron chi connectivity index (χ4n) is 3.92. The number of thiophene rings is 1. The van der Waals surface area contributed by atoms with E-state index in [1.54, 1.807) is 44.2 Å². The SMILES string of the molecule is COc1ccc(OC)c(NC(=O)C2CCN(C(=O)c3sc4nc[nH]c(=O)c4c3C)CC2)c1. The number of aromatic amines is 1. The number of fused-ring (bicyclic) bond motifs is 1. The van der Waals surface area contributed by atoms with Crippen LogP contribution in [0.5, 0.6) is 11.5 Å². The van der Waals surface area contributed by atoms with Gasteiger partial charge in [-0.1, -0.05) is 0 Å². The van der Waals surface area contributed by atoms with E-state index in [1.165, 1.54) is 17.7 Å². The van der Waals surface area contributed by atoms with Crippen LogP contribution in [0.25, 0.3) is 10.2 Å². The van der Waals surface area contributed by atoms with E-state index in [0.717, 1.165) is 0 Å². The van der Waals surface area contributed by atoms with Gasteiger partial charge in [0.2, 0.25) is 5.91 Å². The molecule has 0 bridgehead atoms.